The number of carbonyl (C=O) groups excluding carboxylic acids is 1. The normalized spacial score (nSPS) is 22.4. The highest BCUT2D eigenvalue weighted by atomic mass is 16.5. The van der Waals surface area contributed by atoms with Crippen LogP contribution in [0.15, 0.2) is 23.1 Å². The highest BCUT2D eigenvalue weighted by molar-refractivity contribution is 5.93. The van der Waals surface area contributed by atoms with E-state index in [0.717, 1.165) is 6.42 Å². The summed E-state index contributed by atoms with van der Waals surface area (Å²) >= 11 is 0. The number of rotatable bonds is 5. The zero-order valence-corrected chi connectivity index (χ0v) is 11.9. The Balaban J connectivity index is 1.69. The maximum absolute atomic E-state index is 11.8. The number of amides is 1. The Bertz CT molecular complexity index is 478. The van der Waals surface area contributed by atoms with Gasteiger partial charge < -0.3 is 15.0 Å². The summed E-state index contributed by atoms with van der Waals surface area (Å²) in [5.74, 6) is 0.417. The quantitative estimate of drug-likeness (QED) is 0.805. The van der Waals surface area contributed by atoms with Gasteiger partial charge in [0.15, 0.2) is 0 Å². The fourth-order valence-corrected chi connectivity index (χ4v) is 2.56. The minimum absolute atomic E-state index is 0.193. The summed E-state index contributed by atoms with van der Waals surface area (Å²) in [5, 5.41) is 2.79. The lowest BCUT2D eigenvalue weighted by Crippen LogP contribution is -2.32. The van der Waals surface area contributed by atoms with Gasteiger partial charge in [-0.3, -0.25) is 9.59 Å². The third kappa shape index (κ3) is 4.20. The largest absolute Gasteiger partial charge is 0.376 e. The molecule has 1 aliphatic carbocycles. The van der Waals surface area contributed by atoms with Gasteiger partial charge >= 0.3 is 0 Å². The van der Waals surface area contributed by atoms with Crippen LogP contribution < -0.4 is 10.9 Å². The Kier molecular flexibility index (Phi) is 5.35. The molecule has 1 heterocycles. The first-order chi connectivity index (χ1) is 9.66. The van der Waals surface area contributed by atoms with E-state index in [1.807, 2.05) is 0 Å². The Morgan fingerprint density at radius 3 is 2.90 bits per heavy atom. The summed E-state index contributed by atoms with van der Waals surface area (Å²) in [6, 6.07) is 2.85. The van der Waals surface area contributed by atoms with Crippen LogP contribution in [0.5, 0.6) is 0 Å². The van der Waals surface area contributed by atoms with Gasteiger partial charge in [-0.15, -0.1) is 0 Å². The molecule has 0 radical (unpaired) electrons. The summed E-state index contributed by atoms with van der Waals surface area (Å²) in [6.45, 7) is 3.24. The Labute approximate surface area is 118 Å². The number of hydrogen-bond donors (Lipinski definition) is 2. The number of aromatic nitrogens is 1. The lowest BCUT2D eigenvalue weighted by Gasteiger charge is -2.28. The summed E-state index contributed by atoms with van der Waals surface area (Å²) in [7, 11) is 0. The summed E-state index contributed by atoms with van der Waals surface area (Å²) < 4.78 is 5.83. The fourth-order valence-electron chi connectivity index (χ4n) is 2.56. The molecular weight excluding hydrogens is 256 g/mol. The standard InChI is InChI=1S/C15H22N2O3/c1-11-4-2-3-5-13(11)20-9-8-16-15(19)12-6-7-14(18)17-10-12/h6-7,10-11,13H,2-5,8-9H2,1H3,(H,16,19)(H,17,18)/t11-,13-/m1/s1. The Hall–Kier alpha value is -1.62. The van der Waals surface area contributed by atoms with E-state index in [4.69, 9.17) is 4.74 Å². The van der Waals surface area contributed by atoms with Crippen LogP contribution in [0, 0.1) is 5.92 Å². The van der Waals surface area contributed by atoms with E-state index in [1.165, 1.54) is 37.6 Å². The van der Waals surface area contributed by atoms with E-state index in [2.05, 4.69) is 17.2 Å². The van der Waals surface area contributed by atoms with Crippen molar-refractivity contribution in [1.82, 2.24) is 10.3 Å². The van der Waals surface area contributed by atoms with Gasteiger partial charge in [0, 0.05) is 18.8 Å². The van der Waals surface area contributed by atoms with Crippen LogP contribution in [0.1, 0.15) is 43.0 Å². The van der Waals surface area contributed by atoms with E-state index >= 15 is 0 Å². The van der Waals surface area contributed by atoms with Crippen LogP contribution in [-0.4, -0.2) is 30.1 Å². The molecule has 1 saturated carbocycles. The van der Waals surface area contributed by atoms with Crippen LogP contribution in [0.2, 0.25) is 0 Å². The molecule has 110 valence electrons. The van der Waals surface area contributed by atoms with Gasteiger partial charge in [0.25, 0.3) is 5.91 Å². The van der Waals surface area contributed by atoms with Gasteiger partial charge in [-0.05, 0) is 24.8 Å². The number of ether oxygens (including phenoxy) is 1. The van der Waals surface area contributed by atoms with Gasteiger partial charge in [0.1, 0.15) is 0 Å². The van der Waals surface area contributed by atoms with Crippen molar-refractivity contribution >= 4 is 5.91 Å². The lowest BCUT2D eigenvalue weighted by molar-refractivity contribution is -0.00294. The molecule has 5 heteroatoms. The van der Waals surface area contributed by atoms with Crippen molar-refractivity contribution in [3.63, 3.8) is 0 Å². The van der Waals surface area contributed by atoms with Crippen LogP contribution in [0.3, 0.4) is 0 Å². The van der Waals surface area contributed by atoms with Crippen LogP contribution in [0.4, 0.5) is 0 Å². The number of nitrogens with one attached hydrogen (secondary N) is 2. The van der Waals surface area contributed by atoms with Crippen molar-refractivity contribution in [3.8, 4) is 0 Å². The van der Waals surface area contributed by atoms with Crippen LogP contribution in [0.25, 0.3) is 0 Å². The number of pyridine rings is 1. The van der Waals surface area contributed by atoms with Crippen molar-refractivity contribution in [3.05, 3.63) is 34.2 Å². The molecule has 1 aliphatic rings. The third-order valence-corrected chi connectivity index (χ3v) is 3.80. The first-order valence-electron chi connectivity index (χ1n) is 7.25. The second-order valence-corrected chi connectivity index (χ2v) is 5.37. The summed E-state index contributed by atoms with van der Waals surface area (Å²) in [5.41, 5.74) is 0.242. The average molecular weight is 278 g/mol. The topological polar surface area (TPSA) is 71.2 Å². The fraction of sp³-hybridized carbons (Fsp3) is 0.600. The molecule has 20 heavy (non-hydrogen) atoms. The maximum Gasteiger partial charge on any atom is 0.252 e. The molecule has 0 bridgehead atoms. The average Bonchev–Trinajstić information content (AvgIpc) is 2.46. The number of carbonyl (C=O) groups is 1. The molecule has 0 unspecified atom stereocenters. The zero-order valence-electron chi connectivity index (χ0n) is 11.9. The van der Waals surface area contributed by atoms with Crippen LogP contribution in [-0.2, 0) is 4.74 Å². The third-order valence-electron chi connectivity index (χ3n) is 3.80. The second kappa shape index (κ2) is 7.24. The zero-order chi connectivity index (χ0) is 14.4. The molecule has 2 N–H and O–H groups in total. The maximum atomic E-state index is 11.8. The number of aromatic amines is 1. The SMILES string of the molecule is C[C@@H]1CCCC[C@H]1OCCNC(=O)c1ccc(=O)[nH]c1. The highest BCUT2D eigenvalue weighted by Crippen LogP contribution is 2.25. The Morgan fingerprint density at radius 2 is 2.20 bits per heavy atom. The van der Waals surface area contributed by atoms with E-state index < -0.39 is 0 Å². The van der Waals surface area contributed by atoms with Crippen molar-refractivity contribution in [2.75, 3.05) is 13.2 Å². The monoisotopic (exact) mass is 278 g/mol. The molecule has 1 amide bonds. The molecule has 2 rings (SSSR count). The second-order valence-electron chi connectivity index (χ2n) is 5.37. The minimum atomic E-state index is -0.212. The van der Waals surface area contributed by atoms with Gasteiger partial charge in [0.05, 0.1) is 18.3 Å². The predicted octanol–water partition coefficient (Wildman–Crippen LogP) is 1.70. The smallest absolute Gasteiger partial charge is 0.252 e. The lowest BCUT2D eigenvalue weighted by atomic mass is 9.88. The van der Waals surface area contributed by atoms with Crippen LogP contribution >= 0.6 is 0 Å². The number of H-pyrrole nitrogens is 1. The first-order valence-corrected chi connectivity index (χ1v) is 7.25. The molecule has 0 spiro atoms. The summed E-state index contributed by atoms with van der Waals surface area (Å²) in [4.78, 5) is 25.2. The molecule has 0 aromatic carbocycles. The van der Waals surface area contributed by atoms with Gasteiger partial charge in [-0.25, -0.2) is 0 Å². The molecular formula is C15H22N2O3. The van der Waals surface area contributed by atoms with E-state index in [-0.39, 0.29) is 11.5 Å². The van der Waals surface area contributed by atoms with Crippen molar-refractivity contribution in [2.45, 2.75) is 38.7 Å². The van der Waals surface area contributed by atoms with E-state index in [9.17, 15) is 9.59 Å². The van der Waals surface area contributed by atoms with Crippen molar-refractivity contribution in [2.24, 2.45) is 5.92 Å². The molecule has 0 saturated heterocycles. The molecule has 1 aromatic rings. The highest BCUT2D eigenvalue weighted by Gasteiger charge is 2.21. The minimum Gasteiger partial charge on any atom is -0.376 e. The van der Waals surface area contributed by atoms with Crippen molar-refractivity contribution < 1.29 is 9.53 Å². The Morgan fingerprint density at radius 1 is 1.40 bits per heavy atom. The number of hydrogen-bond acceptors (Lipinski definition) is 3. The van der Waals surface area contributed by atoms with Crippen molar-refractivity contribution in [1.29, 1.82) is 0 Å². The molecule has 2 atom stereocenters. The predicted molar refractivity (Wildman–Crippen MR) is 76.8 cm³/mol. The molecule has 0 aliphatic heterocycles. The van der Waals surface area contributed by atoms with Gasteiger partial charge in [0.2, 0.25) is 5.56 Å². The molecule has 1 fully saturated rings. The molecule has 1 aromatic heterocycles. The van der Waals surface area contributed by atoms with E-state index in [1.54, 1.807) is 0 Å². The van der Waals surface area contributed by atoms with E-state index in [0.29, 0.717) is 30.7 Å². The summed E-state index contributed by atoms with van der Waals surface area (Å²) in [6.07, 6.45) is 6.63. The van der Waals surface area contributed by atoms with Gasteiger partial charge in [-0.2, -0.15) is 0 Å². The van der Waals surface area contributed by atoms with Gasteiger partial charge in [-0.1, -0.05) is 19.8 Å². The first kappa shape index (κ1) is 14.8. The molecule has 5 nitrogen and oxygen atoms in total.